The summed E-state index contributed by atoms with van der Waals surface area (Å²) < 4.78 is 5.16. The number of carbonyl (C=O) groups excluding carboxylic acids is 1. The number of hydrogen-bond donors (Lipinski definition) is 1. The maximum absolute atomic E-state index is 12.6. The van der Waals surface area contributed by atoms with Crippen LogP contribution in [0.2, 0.25) is 0 Å². The summed E-state index contributed by atoms with van der Waals surface area (Å²) in [5.74, 6) is -0.0187. The quantitative estimate of drug-likeness (QED) is 0.776. The van der Waals surface area contributed by atoms with Crippen LogP contribution in [-0.4, -0.2) is 41.5 Å². The molecule has 0 saturated carbocycles. The molecule has 1 unspecified atom stereocenters. The van der Waals surface area contributed by atoms with Crippen LogP contribution in [0.3, 0.4) is 0 Å². The number of nitrogens with zero attached hydrogens (tertiary/aromatic N) is 1. The Kier molecular flexibility index (Phi) is 6.60. The molecule has 27 heavy (non-hydrogen) atoms. The third-order valence-electron chi connectivity index (χ3n) is 4.87. The average Bonchev–Trinajstić information content (AvgIpc) is 2.68. The number of piperidine rings is 1. The van der Waals surface area contributed by atoms with Gasteiger partial charge in [0.05, 0.1) is 0 Å². The Labute approximate surface area is 159 Å². The summed E-state index contributed by atoms with van der Waals surface area (Å²) in [6, 6.07) is 17.4. The van der Waals surface area contributed by atoms with E-state index in [1.807, 2.05) is 42.5 Å². The van der Waals surface area contributed by atoms with Crippen LogP contribution in [0.25, 0.3) is 0 Å². The summed E-state index contributed by atoms with van der Waals surface area (Å²) in [6.45, 7) is 2.24. The summed E-state index contributed by atoms with van der Waals surface area (Å²) in [5, 5.41) is 8.65. The second-order valence-corrected chi connectivity index (χ2v) is 7.03. The van der Waals surface area contributed by atoms with E-state index in [0.717, 1.165) is 43.6 Å². The number of hydrogen-bond acceptors (Lipinski definition) is 4. The van der Waals surface area contributed by atoms with Crippen molar-refractivity contribution in [1.29, 1.82) is 0 Å². The van der Waals surface area contributed by atoms with Crippen LogP contribution in [-0.2, 0) is 22.6 Å². The molecule has 0 bridgehead atoms. The average molecular weight is 367 g/mol. The first-order valence-electron chi connectivity index (χ1n) is 9.32. The van der Waals surface area contributed by atoms with Gasteiger partial charge in [-0.05, 0) is 42.6 Å². The zero-order chi connectivity index (χ0) is 19.1. The normalized spacial score (nSPS) is 17.4. The molecule has 0 spiro atoms. The Balaban J connectivity index is 1.52. The Morgan fingerprint density at radius 3 is 2.48 bits per heavy atom. The predicted molar refractivity (Wildman–Crippen MR) is 103 cm³/mol. The van der Waals surface area contributed by atoms with Gasteiger partial charge in [0.15, 0.2) is 6.61 Å². The molecule has 1 fully saturated rings. The van der Waals surface area contributed by atoms with E-state index in [1.165, 1.54) is 0 Å². The lowest BCUT2D eigenvalue weighted by atomic mass is 9.90. The Bertz CT molecular complexity index is 758. The number of rotatable bonds is 8. The third-order valence-corrected chi connectivity index (χ3v) is 4.87. The van der Waals surface area contributed by atoms with Crippen LogP contribution in [0.15, 0.2) is 54.6 Å². The number of Topliss-reactive ketones (excluding diaryl/α,β-unsaturated/α-hetero) is 1. The highest BCUT2D eigenvalue weighted by atomic mass is 16.5. The number of likely N-dealkylation sites (tertiary alicyclic amines) is 1. The monoisotopic (exact) mass is 367 g/mol. The van der Waals surface area contributed by atoms with Crippen LogP contribution < -0.4 is 4.74 Å². The fourth-order valence-corrected chi connectivity index (χ4v) is 3.50. The molecule has 2 aromatic carbocycles. The predicted octanol–water partition coefficient (Wildman–Crippen LogP) is 3.17. The van der Waals surface area contributed by atoms with Gasteiger partial charge in [0.25, 0.3) is 0 Å². The number of ketones is 1. The van der Waals surface area contributed by atoms with E-state index in [2.05, 4.69) is 4.90 Å². The largest absolute Gasteiger partial charge is 0.482 e. The zero-order valence-electron chi connectivity index (χ0n) is 15.3. The summed E-state index contributed by atoms with van der Waals surface area (Å²) >= 11 is 0. The standard InChI is InChI=1S/C22H25NO4/c24-21(13-17-5-2-1-3-6-17)19-7-4-12-23(15-19)14-18-8-10-20(11-9-18)27-16-22(25)26/h1-3,5-6,8-11,19H,4,7,12-16H2,(H,25,26). The van der Waals surface area contributed by atoms with E-state index in [0.29, 0.717) is 18.0 Å². The number of benzene rings is 2. The van der Waals surface area contributed by atoms with E-state index in [4.69, 9.17) is 9.84 Å². The smallest absolute Gasteiger partial charge is 0.341 e. The van der Waals surface area contributed by atoms with Gasteiger partial charge in [-0.2, -0.15) is 0 Å². The maximum atomic E-state index is 12.6. The highest BCUT2D eigenvalue weighted by molar-refractivity contribution is 5.83. The van der Waals surface area contributed by atoms with E-state index in [1.54, 1.807) is 12.1 Å². The first kappa shape index (κ1) is 19.1. The molecule has 1 atom stereocenters. The lowest BCUT2D eigenvalue weighted by Crippen LogP contribution is -2.38. The minimum Gasteiger partial charge on any atom is -0.482 e. The number of ether oxygens (including phenoxy) is 1. The van der Waals surface area contributed by atoms with Crippen molar-refractivity contribution in [3.8, 4) is 5.75 Å². The molecule has 0 radical (unpaired) electrons. The van der Waals surface area contributed by atoms with Gasteiger partial charge in [0.1, 0.15) is 11.5 Å². The van der Waals surface area contributed by atoms with Crippen molar-refractivity contribution in [2.45, 2.75) is 25.8 Å². The van der Waals surface area contributed by atoms with Crippen molar-refractivity contribution in [2.75, 3.05) is 19.7 Å². The van der Waals surface area contributed by atoms with Gasteiger partial charge in [0.2, 0.25) is 0 Å². The van der Waals surface area contributed by atoms with Gasteiger partial charge in [-0.25, -0.2) is 4.79 Å². The molecule has 142 valence electrons. The van der Waals surface area contributed by atoms with Crippen molar-refractivity contribution in [3.05, 3.63) is 65.7 Å². The van der Waals surface area contributed by atoms with Crippen LogP contribution in [0.4, 0.5) is 0 Å². The van der Waals surface area contributed by atoms with E-state index in [9.17, 15) is 9.59 Å². The first-order chi connectivity index (χ1) is 13.1. The van der Waals surface area contributed by atoms with Crippen molar-refractivity contribution in [3.63, 3.8) is 0 Å². The summed E-state index contributed by atoms with van der Waals surface area (Å²) in [5.41, 5.74) is 2.21. The lowest BCUT2D eigenvalue weighted by molar-refractivity contribution is -0.139. The molecule has 0 aromatic heterocycles. The highest BCUT2D eigenvalue weighted by Crippen LogP contribution is 2.22. The topological polar surface area (TPSA) is 66.8 Å². The zero-order valence-corrected chi connectivity index (χ0v) is 15.3. The van der Waals surface area contributed by atoms with Crippen LogP contribution in [0.1, 0.15) is 24.0 Å². The van der Waals surface area contributed by atoms with Gasteiger partial charge >= 0.3 is 5.97 Å². The van der Waals surface area contributed by atoms with Gasteiger partial charge in [-0.15, -0.1) is 0 Å². The van der Waals surface area contributed by atoms with Crippen LogP contribution >= 0.6 is 0 Å². The molecule has 2 aromatic rings. The second-order valence-electron chi connectivity index (χ2n) is 7.03. The fraction of sp³-hybridized carbons (Fsp3) is 0.364. The number of carbonyl (C=O) groups is 2. The molecule has 1 N–H and O–H groups in total. The molecule has 1 aliphatic rings. The van der Waals surface area contributed by atoms with Gasteiger partial charge < -0.3 is 9.84 Å². The minimum atomic E-state index is -0.987. The Morgan fingerprint density at radius 2 is 1.78 bits per heavy atom. The molecule has 1 saturated heterocycles. The molecular weight excluding hydrogens is 342 g/mol. The van der Waals surface area contributed by atoms with Gasteiger partial charge in [-0.3, -0.25) is 9.69 Å². The van der Waals surface area contributed by atoms with Crippen molar-refractivity contribution < 1.29 is 19.4 Å². The molecule has 1 heterocycles. The van der Waals surface area contributed by atoms with Crippen molar-refractivity contribution in [1.82, 2.24) is 4.90 Å². The van der Waals surface area contributed by atoms with Crippen LogP contribution in [0, 0.1) is 5.92 Å². The number of carboxylic acid groups (broad SMARTS) is 1. The fourth-order valence-electron chi connectivity index (χ4n) is 3.50. The van der Waals surface area contributed by atoms with E-state index in [-0.39, 0.29) is 12.5 Å². The second kappa shape index (κ2) is 9.33. The van der Waals surface area contributed by atoms with E-state index >= 15 is 0 Å². The maximum Gasteiger partial charge on any atom is 0.341 e. The minimum absolute atomic E-state index is 0.0946. The highest BCUT2D eigenvalue weighted by Gasteiger charge is 2.25. The molecule has 3 rings (SSSR count). The Morgan fingerprint density at radius 1 is 1.04 bits per heavy atom. The van der Waals surface area contributed by atoms with Crippen molar-refractivity contribution in [2.24, 2.45) is 5.92 Å². The molecule has 0 amide bonds. The number of aliphatic carboxylic acids is 1. The van der Waals surface area contributed by atoms with Gasteiger partial charge in [0, 0.05) is 25.4 Å². The molecule has 1 aliphatic heterocycles. The number of carboxylic acids is 1. The molecule has 5 heteroatoms. The molecule has 0 aliphatic carbocycles. The van der Waals surface area contributed by atoms with Crippen molar-refractivity contribution >= 4 is 11.8 Å². The summed E-state index contributed by atoms with van der Waals surface area (Å²) in [4.78, 5) is 25.5. The van der Waals surface area contributed by atoms with E-state index < -0.39 is 5.97 Å². The van der Waals surface area contributed by atoms with Gasteiger partial charge in [-0.1, -0.05) is 42.5 Å². The molecular formula is C22H25NO4. The Hall–Kier alpha value is -2.66. The summed E-state index contributed by atoms with van der Waals surface area (Å²) in [6.07, 6.45) is 2.50. The third kappa shape index (κ3) is 5.93. The summed E-state index contributed by atoms with van der Waals surface area (Å²) in [7, 11) is 0. The lowest BCUT2D eigenvalue weighted by Gasteiger charge is -2.32. The molecule has 5 nitrogen and oxygen atoms in total. The first-order valence-corrected chi connectivity index (χ1v) is 9.32. The SMILES string of the molecule is O=C(O)COc1ccc(CN2CCCC(C(=O)Cc3ccccc3)C2)cc1. The van der Waals surface area contributed by atoms with Crippen LogP contribution in [0.5, 0.6) is 5.75 Å².